The maximum Gasteiger partial charge on any atom is -0.00137 e. The van der Waals surface area contributed by atoms with Gasteiger partial charge in [0.2, 0.25) is 0 Å². The van der Waals surface area contributed by atoms with Crippen molar-refractivity contribution >= 4 is 0 Å². The predicted molar refractivity (Wildman–Crippen MR) is 192 cm³/mol. The molecule has 0 atom stereocenters. The van der Waals surface area contributed by atoms with Crippen molar-refractivity contribution in [1.29, 1.82) is 0 Å². The highest BCUT2D eigenvalue weighted by Crippen LogP contribution is 2.40. The van der Waals surface area contributed by atoms with Gasteiger partial charge in [0.1, 0.15) is 0 Å². The summed E-state index contributed by atoms with van der Waals surface area (Å²) in [6, 6.07) is 59.4. The Morgan fingerprint density at radius 3 is 0.848 bits per heavy atom. The van der Waals surface area contributed by atoms with Crippen LogP contribution in [0.15, 0.2) is 158 Å². The molecule has 218 valence electrons. The lowest BCUT2D eigenvalue weighted by Gasteiger charge is -2.26. The molecule has 24 rings (SSSR count). The van der Waals surface area contributed by atoms with E-state index in [2.05, 4.69) is 158 Å². The first-order chi connectivity index (χ1) is 22.7. The fourth-order valence-corrected chi connectivity index (χ4v) is 7.48. The Balaban J connectivity index is 1.15. The van der Waals surface area contributed by atoms with Crippen LogP contribution in [-0.4, -0.2) is 0 Å². The summed E-state index contributed by atoms with van der Waals surface area (Å²) in [5.74, 6) is 0. The van der Waals surface area contributed by atoms with E-state index in [9.17, 15) is 0 Å². The van der Waals surface area contributed by atoms with Crippen molar-refractivity contribution in [3.63, 3.8) is 0 Å². The predicted octanol–water partition coefficient (Wildman–Crippen LogP) is 11.3. The first kappa shape index (κ1) is 26.9. The van der Waals surface area contributed by atoms with Crippen LogP contribution in [0.4, 0.5) is 0 Å². The van der Waals surface area contributed by atoms with E-state index in [1.54, 1.807) is 0 Å². The smallest absolute Gasteiger partial charge is 0.00137 e. The van der Waals surface area contributed by atoms with Crippen LogP contribution in [0, 0.1) is 0 Å². The van der Waals surface area contributed by atoms with Crippen molar-refractivity contribution in [2.45, 2.75) is 25.7 Å². The summed E-state index contributed by atoms with van der Waals surface area (Å²) < 4.78 is 0. The molecule has 0 radical (unpaired) electrons. The maximum absolute atomic E-state index is 2.36. The average Bonchev–Trinajstić information content (AvgIpc) is 3.12. The Hall–Kier alpha value is -5.46. The zero-order chi connectivity index (χ0) is 30.5. The monoisotopic (exact) mass is 586 g/mol. The van der Waals surface area contributed by atoms with Crippen LogP contribution in [0.2, 0.25) is 0 Å². The van der Waals surface area contributed by atoms with Crippen molar-refractivity contribution in [2.24, 2.45) is 0 Å². The first-order valence-electron chi connectivity index (χ1n) is 16.4. The van der Waals surface area contributed by atoms with E-state index >= 15 is 0 Å². The van der Waals surface area contributed by atoms with Gasteiger partial charge in [-0.05, 0) is 115 Å². The molecule has 0 unspecified atom stereocenters. The summed E-state index contributed by atoms with van der Waals surface area (Å²) in [7, 11) is 0. The van der Waals surface area contributed by atoms with Gasteiger partial charge in [-0.15, -0.1) is 0 Å². The maximum atomic E-state index is 2.36. The number of rotatable bonds is 0. The molecule has 0 aliphatic heterocycles. The second-order valence-corrected chi connectivity index (χ2v) is 13.0. The van der Waals surface area contributed by atoms with Crippen LogP contribution in [0.5, 0.6) is 0 Å². The third-order valence-electron chi connectivity index (χ3n) is 10.1. The molecule has 17 aliphatic carbocycles. The molecule has 0 saturated heterocycles. The van der Waals surface area contributed by atoms with Gasteiger partial charge >= 0.3 is 0 Å². The average molecular weight is 587 g/mol. The topological polar surface area (TPSA) is 0 Å². The Morgan fingerprint density at radius 2 is 0.522 bits per heavy atom. The number of fused-ring (bicyclic) bond motifs is 1. The van der Waals surface area contributed by atoms with E-state index in [-0.39, 0.29) is 0 Å². The Morgan fingerprint density at radius 1 is 0.239 bits per heavy atom. The van der Waals surface area contributed by atoms with Crippen molar-refractivity contribution in [3.8, 4) is 44.5 Å². The van der Waals surface area contributed by atoms with Gasteiger partial charge < -0.3 is 0 Å². The minimum absolute atomic E-state index is 0.926. The molecule has 0 amide bonds. The van der Waals surface area contributed by atoms with E-state index < -0.39 is 0 Å². The molecule has 0 heteroatoms. The first-order valence-corrected chi connectivity index (χ1v) is 16.4. The summed E-state index contributed by atoms with van der Waals surface area (Å²) in [4.78, 5) is 0. The lowest BCUT2D eigenvalue weighted by Crippen LogP contribution is -2.10. The van der Waals surface area contributed by atoms with Crippen molar-refractivity contribution in [2.75, 3.05) is 0 Å². The van der Waals surface area contributed by atoms with Crippen LogP contribution in [0.3, 0.4) is 0 Å². The molecule has 0 N–H and O–H groups in total. The fraction of sp³-hybridized carbons (Fsp3) is 0.0870. The molecule has 17 aliphatic rings. The van der Waals surface area contributed by atoms with Crippen molar-refractivity contribution in [1.82, 2.24) is 0 Å². The molecule has 0 nitrogen and oxygen atoms in total. The lowest BCUT2D eigenvalue weighted by molar-refractivity contribution is 1.01. The normalized spacial score (nSPS) is 12.9. The second kappa shape index (κ2) is 11.2. The van der Waals surface area contributed by atoms with Gasteiger partial charge in [0, 0.05) is 0 Å². The Kier molecular flexibility index (Phi) is 6.53. The SMILES string of the molecule is c1ccc2c(c1)Cc1c3ccc(c1C2)-c1ccc(cc1)Cc1ccc(cc1)-c1ccc(cc1)-c1ccc(cc1)Cc1ccc-3cc1. The summed E-state index contributed by atoms with van der Waals surface area (Å²) in [6.07, 6.45) is 3.80. The number of hydrogen-bond donors (Lipinski definition) is 0. The van der Waals surface area contributed by atoms with Crippen molar-refractivity contribution < 1.29 is 0 Å². The van der Waals surface area contributed by atoms with Crippen LogP contribution in [0.1, 0.15) is 44.5 Å². The molecule has 0 saturated carbocycles. The minimum Gasteiger partial charge on any atom is -0.0620 e. The minimum atomic E-state index is 0.926. The molecule has 0 heterocycles. The van der Waals surface area contributed by atoms with Crippen LogP contribution in [0.25, 0.3) is 44.5 Å². The van der Waals surface area contributed by atoms with Gasteiger partial charge in [0.05, 0.1) is 0 Å². The number of hydrogen-bond acceptors (Lipinski definition) is 0. The molecule has 0 spiro atoms. The van der Waals surface area contributed by atoms with Crippen LogP contribution < -0.4 is 0 Å². The van der Waals surface area contributed by atoms with Gasteiger partial charge in [-0.1, -0.05) is 158 Å². The van der Waals surface area contributed by atoms with E-state index in [0.717, 1.165) is 25.7 Å². The number of benzene rings is 7. The molecule has 46 heavy (non-hydrogen) atoms. The molecular weight excluding hydrogens is 553 g/mol. The quantitative estimate of drug-likeness (QED) is 0.166. The van der Waals surface area contributed by atoms with E-state index in [4.69, 9.17) is 0 Å². The fourth-order valence-electron chi connectivity index (χ4n) is 7.48. The highest BCUT2D eigenvalue weighted by molar-refractivity contribution is 5.80. The summed E-state index contributed by atoms with van der Waals surface area (Å²) in [5.41, 5.74) is 21.5. The molecule has 12 bridgehead atoms. The zero-order valence-corrected chi connectivity index (χ0v) is 25.8. The Labute approximate surface area is 271 Å². The standard InChI is InChI=1S/C46H34/c1-2-4-42-30-46-44-26-25-43(45(46)29-41(42)3-1)39-17-9-33(10-18-39)27-31-5-13-35(14-6-31)37-21-23-38(24-22-37)36-15-7-32(8-16-36)28-34-11-19-40(44)20-12-34/h1-26H,27-30H2. The molecular formula is C46H34. The van der Waals surface area contributed by atoms with Gasteiger partial charge in [0.15, 0.2) is 0 Å². The van der Waals surface area contributed by atoms with Gasteiger partial charge in [0.25, 0.3) is 0 Å². The third kappa shape index (κ3) is 4.97. The highest BCUT2D eigenvalue weighted by atomic mass is 14.3. The van der Waals surface area contributed by atoms with Gasteiger partial charge in [-0.2, -0.15) is 0 Å². The zero-order valence-electron chi connectivity index (χ0n) is 25.8. The lowest BCUT2D eigenvalue weighted by atomic mass is 9.78. The molecule has 7 aromatic rings. The van der Waals surface area contributed by atoms with Gasteiger partial charge in [-0.25, -0.2) is 0 Å². The molecule has 0 fully saturated rings. The van der Waals surface area contributed by atoms with E-state index in [0.29, 0.717) is 0 Å². The largest absolute Gasteiger partial charge is 0.0620 e. The summed E-state index contributed by atoms with van der Waals surface area (Å²) in [6.45, 7) is 0. The van der Waals surface area contributed by atoms with E-state index in [1.807, 2.05) is 0 Å². The molecule has 7 aromatic carbocycles. The van der Waals surface area contributed by atoms with Crippen molar-refractivity contribution in [3.05, 3.63) is 202 Å². The van der Waals surface area contributed by atoms with Gasteiger partial charge in [-0.3, -0.25) is 0 Å². The highest BCUT2D eigenvalue weighted by Gasteiger charge is 2.22. The molecule has 0 aromatic heterocycles. The Bertz CT molecular complexity index is 2020. The van der Waals surface area contributed by atoms with E-state index in [1.165, 1.54) is 89.0 Å². The summed E-state index contributed by atoms with van der Waals surface area (Å²) in [5, 5.41) is 0. The summed E-state index contributed by atoms with van der Waals surface area (Å²) >= 11 is 0. The van der Waals surface area contributed by atoms with Crippen LogP contribution in [-0.2, 0) is 25.7 Å². The second-order valence-electron chi connectivity index (χ2n) is 13.0. The third-order valence-corrected chi connectivity index (χ3v) is 10.1. The van der Waals surface area contributed by atoms with Crippen LogP contribution >= 0.6 is 0 Å².